The molecule has 3 aromatic carbocycles. The molecule has 15 heteroatoms. The topological polar surface area (TPSA) is 125 Å². The summed E-state index contributed by atoms with van der Waals surface area (Å²) in [5.74, 6) is 2.98. The Labute approximate surface area is 320 Å². The molecule has 0 unspecified atom stereocenters. The van der Waals surface area contributed by atoms with E-state index in [1.165, 1.54) is 0 Å². The van der Waals surface area contributed by atoms with Crippen molar-refractivity contribution >= 4 is 54.1 Å². The molecule has 0 saturated carbocycles. The monoisotopic (exact) mass is 775 g/mol. The molecule has 2 aromatic heterocycles. The molecule has 5 aromatic rings. The molecule has 0 radical (unpaired) electrons. The van der Waals surface area contributed by atoms with E-state index in [9.17, 15) is 4.79 Å². The number of aryl methyl sites for hydroxylation is 1. The number of carbonyl (C=O) groups excluding carboxylic acids is 1. The molecule has 1 saturated heterocycles. The van der Waals surface area contributed by atoms with Crippen LogP contribution < -0.4 is 30.2 Å². The fourth-order valence-corrected chi connectivity index (χ4v) is 6.94. The van der Waals surface area contributed by atoms with Gasteiger partial charge in [-0.15, -0.1) is 0 Å². The van der Waals surface area contributed by atoms with E-state index < -0.39 is 14.1 Å². The summed E-state index contributed by atoms with van der Waals surface area (Å²) in [6.07, 6.45) is 2.02. The molecule has 1 fully saturated rings. The summed E-state index contributed by atoms with van der Waals surface area (Å²) in [4.78, 5) is 24.6. The fourth-order valence-electron chi connectivity index (χ4n) is 5.57. The van der Waals surface area contributed by atoms with Crippen LogP contribution in [0.1, 0.15) is 17.0 Å². The van der Waals surface area contributed by atoms with E-state index >= 15 is 0 Å². The van der Waals surface area contributed by atoms with Gasteiger partial charge in [-0.2, -0.15) is 10.1 Å². The number of anilines is 2. The number of benzene rings is 3. The number of amides is 2. The number of ether oxygens (including phenoxy) is 4. The average Bonchev–Trinajstić information content (AvgIpc) is 3.56. The molecule has 12 nitrogen and oxygen atoms in total. The first-order valence-corrected chi connectivity index (χ1v) is 21.5. The van der Waals surface area contributed by atoms with E-state index in [0.29, 0.717) is 41.9 Å². The lowest BCUT2D eigenvalue weighted by Gasteiger charge is -2.26. The van der Waals surface area contributed by atoms with Gasteiger partial charge in [-0.3, -0.25) is 10.2 Å². The van der Waals surface area contributed by atoms with Gasteiger partial charge in [0.15, 0.2) is 0 Å². The zero-order chi connectivity index (χ0) is 37.5. The van der Waals surface area contributed by atoms with Crippen LogP contribution in [-0.4, -0.2) is 85.3 Å². The van der Waals surface area contributed by atoms with E-state index in [1.54, 1.807) is 36.2 Å². The van der Waals surface area contributed by atoms with E-state index in [1.807, 2.05) is 55.5 Å². The summed E-state index contributed by atoms with van der Waals surface area (Å²) in [5.41, 5.74) is 3.18. The minimum Gasteiger partial charge on any atom is -0.497 e. The molecule has 2 N–H and O–H groups in total. The first-order valence-electron chi connectivity index (χ1n) is 17.3. The highest BCUT2D eigenvalue weighted by Crippen LogP contribution is 2.39. The van der Waals surface area contributed by atoms with Gasteiger partial charge in [0.25, 0.3) is 0 Å². The largest absolute Gasteiger partial charge is 0.497 e. The molecule has 1 aliphatic heterocycles. The third kappa shape index (κ3) is 10.1. The number of methoxy groups -OCH3 is 1. The van der Waals surface area contributed by atoms with Gasteiger partial charge in [-0.05, 0) is 55.0 Å². The second-order valence-electron chi connectivity index (χ2n) is 13.6. The second-order valence-corrected chi connectivity index (χ2v) is 19.4. The first-order chi connectivity index (χ1) is 25.4. The Kier molecular flexibility index (Phi) is 12.2. The van der Waals surface area contributed by atoms with Crippen LogP contribution in [0.4, 0.5) is 16.3 Å². The molecule has 0 aliphatic carbocycles. The molecular weight excluding hydrogens is 733 g/mol. The van der Waals surface area contributed by atoms with Crippen molar-refractivity contribution in [3.05, 3.63) is 99.9 Å². The molecule has 3 heterocycles. The number of aromatic nitrogens is 4. The van der Waals surface area contributed by atoms with E-state index in [2.05, 4.69) is 45.1 Å². The minimum absolute atomic E-state index is 0.112. The summed E-state index contributed by atoms with van der Waals surface area (Å²) in [6.45, 7) is 13.3. The highest BCUT2D eigenvalue weighted by atomic mass is 35.5. The highest BCUT2D eigenvalue weighted by Gasteiger charge is 2.24. The van der Waals surface area contributed by atoms with E-state index in [-0.39, 0.29) is 21.7 Å². The number of nitrogens with zero attached hydrogens (tertiary/aromatic N) is 5. The molecule has 2 amide bonds. The van der Waals surface area contributed by atoms with Gasteiger partial charge in [0.2, 0.25) is 5.88 Å². The van der Waals surface area contributed by atoms with Gasteiger partial charge < -0.3 is 24.3 Å². The standard InChI is InChI=1S/C38H43Cl2N7O5Si/c1-25-6-8-27(9-7-25)47-33(24-35(45-47)53(3,4)5)44-38(48)42-30-10-11-31(37(40)36(30)39)52-34-12-13-41-32(43-34)22-26-20-28(49-2)23-29(21-26)51-19-16-46-14-17-50-18-15-46/h6-13,20-21,23-24H,14-19,22H2,1-5H3,(H2,42,44,48). The number of halogens is 2. The summed E-state index contributed by atoms with van der Waals surface area (Å²) < 4.78 is 24.8. The van der Waals surface area contributed by atoms with Crippen LogP contribution in [0.25, 0.3) is 5.69 Å². The Morgan fingerprint density at radius 3 is 2.43 bits per heavy atom. The minimum atomic E-state index is -1.79. The van der Waals surface area contributed by atoms with Gasteiger partial charge in [0.1, 0.15) is 48.6 Å². The molecule has 6 rings (SSSR count). The van der Waals surface area contributed by atoms with Crippen molar-refractivity contribution < 1.29 is 23.7 Å². The molecule has 0 atom stereocenters. The predicted octanol–water partition coefficient (Wildman–Crippen LogP) is 7.57. The van der Waals surface area contributed by atoms with Crippen molar-refractivity contribution in [2.45, 2.75) is 33.0 Å². The van der Waals surface area contributed by atoms with Gasteiger partial charge in [-0.1, -0.05) is 60.5 Å². The second kappa shape index (κ2) is 17.0. The summed E-state index contributed by atoms with van der Waals surface area (Å²) in [5, 5.41) is 11.7. The van der Waals surface area contributed by atoms with Gasteiger partial charge >= 0.3 is 6.03 Å². The quantitative estimate of drug-likeness (QED) is 0.117. The molecule has 0 bridgehead atoms. The van der Waals surface area contributed by atoms with Crippen LogP contribution in [0, 0.1) is 6.92 Å². The predicted molar refractivity (Wildman–Crippen MR) is 211 cm³/mol. The maximum absolute atomic E-state index is 13.3. The summed E-state index contributed by atoms with van der Waals surface area (Å²) in [7, 11) is -0.166. The third-order valence-corrected chi connectivity index (χ3v) is 11.2. The Bertz CT molecular complexity index is 2050. The number of morpholine rings is 1. The number of nitrogens with one attached hydrogen (secondary N) is 2. The Balaban J connectivity index is 1.11. The smallest absolute Gasteiger partial charge is 0.324 e. The number of carbonyl (C=O) groups is 1. The van der Waals surface area contributed by atoms with E-state index in [4.69, 9.17) is 47.2 Å². The normalized spacial score (nSPS) is 13.4. The third-order valence-electron chi connectivity index (χ3n) is 8.51. The molecular formula is C38H43Cl2N7O5Si. The lowest BCUT2D eigenvalue weighted by molar-refractivity contribution is 0.0322. The lowest BCUT2D eigenvalue weighted by Crippen LogP contribution is -2.39. The van der Waals surface area contributed by atoms with Crippen LogP contribution in [0.15, 0.2) is 72.9 Å². The van der Waals surface area contributed by atoms with Gasteiger partial charge in [0, 0.05) is 49.7 Å². The Hall–Kier alpha value is -4.66. The number of rotatable bonds is 13. The Morgan fingerprint density at radius 2 is 1.70 bits per heavy atom. The van der Waals surface area contributed by atoms with Crippen molar-refractivity contribution in [1.82, 2.24) is 24.6 Å². The van der Waals surface area contributed by atoms with Gasteiger partial charge in [-0.25, -0.2) is 14.5 Å². The van der Waals surface area contributed by atoms with Crippen LogP contribution in [-0.2, 0) is 11.2 Å². The maximum Gasteiger partial charge on any atom is 0.324 e. The first kappa shape index (κ1) is 38.1. The van der Waals surface area contributed by atoms with Crippen molar-refractivity contribution in [3.63, 3.8) is 0 Å². The zero-order valence-electron chi connectivity index (χ0n) is 30.4. The average molecular weight is 777 g/mol. The van der Waals surface area contributed by atoms with Crippen molar-refractivity contribution in [1.29, 1.82) is 0 Å². The van der Waals surface area contributed by atoms with E-state index in [0.717, 1.165) is 55.0 Å². The lowest BCUT2D eigenvalue weighted by atomic mass is 10.1. The molecule has 278 valence electrons. The zero-order valence-corrected chi connectivity index (χ0v) is 32.9. The van der Waals surface area contributed by atoms with Crippen LogP contribution in [0.3, 0.4) is 0 Å². The summed E-state index contributed by atoms with van der Waals surface area (Å²) >= 11 is 13.3. The number of hydrogen-bond acceptors (Lipinski definition) is 9. The maximum atomic E-state index is 13.3. The van der Waals surface area contributed by atoms with Crippen LogP contribution >= 0.6 is 23.2 Å². The van der Waals surface area contributed by atoms with Gasteiger partial charge in [0.05, 0.1) is 36.7 Å². The van der Waals surface area contributed by atoms with Crippen LogP contribution in [0.2, 0.25) is 29.7 Å². The van der Waals surface area contributed by atoms with Crippen molar-refractivity contribution in [2.75, 3.05) is 57.2 Å². The van der Waals surface area contributed by atoms with Crippen molar-refractivity contribution in [2.24, 2.45) is 0 Å². The Morgan fingerprint density at radius 1 is 0.943 bits per heavy atom. The molecule has 0 spiro atoms. The fraction of sp³-hybridized carbons (Fsp3) is 0.316. The molecule has 53 heavy (non-hydrogen) atoms. The number of hydrogen-bond donors (Lipinski definition) is 2. The highest BCUT2D eigenvalue weighted by molar-refractivity contribution is 6.88. The summed E-state index contributed by atoms with van der Waals surface area (Å²) in [6, 6.07) is 20.0. The molecule has 1 aliphatic rings. The number of urea groups is 1. The van der Waals surface area contributed by atoms with Crippen LogP contribution in [0.5, 0.6) is 23.1 Å². The SMILES string of the molecule is COc1cc(Cc2nccc(Oc3ccc(NC(=O)Nc4cc([Si](C)(C)C)nn4-c4ccc(C)cc4)c(Cl)c3Cl)n2)cc(OCCN2CCOCC2)c1. The van der Waals surface area contributed by atoms with Crippen molar-refractivity contribution in [3.8, 4) is 28.8 Å².